The van der Waals surface area contributed by atoms with Crippen LogP contribution in [0.1, 0.15) is 44.8 Å². The number of guanidine groups is 1. The molecule has 0 aromatic heterocycles. The third-order valence-corrected chi connectivity index (χ3v) is 8.91. The number of aliphatic imine (C=N–C) groups is 1. The summed E-state index contributed by atoms with van der Waals surface area (Å²) < 4.78 is 28.5. The molecule has 0 saturated carbocycles. The average molecular weight is 516 g/mol. The zero-order valence-electron chi connectivity index (χ0n) is 20.2. The lowest BCUT2D eigenvalue weighted by Crippen LogP contribution is -2.41. The normalized spacial score (nSPS) is 19.6. The van der Waals surface area contributed by atoms with Gasteiger partial charge in [-0.25, -0.2) is 17.7 Å². The van der Waals surface area contributed by atoms with Gasteiger partial charge in [0.2, 0.25) is 16.0 Å². The molecule has 3 aromatic carbocycles. The molecule has 37 heavy (non-hydrogen) atoms. The molecule has 5 rings (SSSR count). The van der Waals surface area contributed by atoms with Crippen LogP contribution < -0.4 is 16.8 Å². The van der Waals surface area contributed by atoms with Crippen LogP contribution in [0.3, 0.4) is 0 Å². The molecule has 9 heteroatoms. The lowest BCUT2D eigenvalue weighted by atomic mass is 10.00. The van der Waals surface area contributed by atoms with Gasteiger partial charge in [-0.15, -0.1) is 6.58 Å². The fourth-order valence-electron chi connectivity index (χ4n) is 4.94. The van der Waals surface area contributed by atoms with E-state index in [0.717, 1.165) is 16.8 Å². The Balaban J connectivity index is 1.31. The highest BCUT2D eigenvalue weighted by Gasteiger charge is 2.38. The lowest BCUT2D eigenvalue weighted by molar-refractivity contribution is 0.0977. The van der Waals surface area contributed by atoms with Gasteiger partial charge in [0.25, 0.3) is 0 Å². The number of nitrogens with one attached hydrogen (secondary N) is 1. The third kappa shape index (κ3) is 4.82. The molecule has 2 heterocycles. The summed E-state index contributed by atoms with van der Waals surface area (Å²) in [5, 5.41) is 2.40. The van der Waals surface area contributed by atoms with Gasteiger partial charge in [-0.2, -0.15) is 0 Å². The fourth-order valence-corrected chi connectivity index (χ4v) is 6.61. The highest BCUT2D eigenvalue weighted by molar-refractivity contribution is 7.90. The second-order valence-electron chi connectivity index (χ2n) is 9.36. The van der Waals surface area contributed by atoms with Crippen molar-refractivity contribution in [2.45, 2.75) is 30.2 Å². The second kappa shape index (κ2) is 9.74. The summed E-state index contributed by atoms with van der Waals surface area (Å²) >= 11 is 0. The first-order valence-electron chi connectivity index (χ1n) is 12.1. The van der Waals surface area contributed by atoms with Gasteiger partial charge in [-0.3, -0.25) is 4.79 Å². The summed E-state index contributed by atoms with van der Waals surface area (Å²) in [6.45, 7) is 3.95. The first kappa shape index (κ1) is 24.6. The first-order chi connectivity index (χ1) is 17.8. The van der Waals surface area contributed by atoms with E-state index in [2.05, 4.69) is 16.9 Å². The highest BCUT2D eigenvalue weighted by atomic mass is 32.2. The van der Waals surface area contributed by atoms with Crippen molar-refractivity contribution in [1.82, 2.24) is 4.31 Å². The van der Waals surface area contributed by atoms with Crippen molar-refractivity contribution in [2.75, 3.05) is 17.6 Å². The number of carbonyl (C=O) groups is 1. The average Bonchev–Trinajstić information content (AvgIpc) is 3.48. The van der Waals surface area contributed by atoms with E-state index in [4.69, 9.17) is 11.5 Å². The molecular weight excluding hydrogens is 486 g/mol. The zero-order valence-corrected chi connectivity index (χ0v) is 21.1. The predicted octanol–water partition coefficient (Wildman–Crippen LogP) is 3.81. The minimum Gasteiger partial charge on any atom is -0.399 e. The van der Waals surface area contributed by atoms with Gasteiger partial charge in [0.05, 0.1) is 12.6 Å². The van der Waals surface area contributed by atoms with Crippen LogP contribution in [-0.2, 0) is 16.4 Å². The largest absolute Gasteiger partial charge is 0.399 e. The van der Waals surface area contributed by atoms with Crippen molar-refractivity contribution in [3.05, 3.63) is 108 Å². The number of ketones is 1. The summed E-state index contributed by atoms with van der Waals surface area (Å²) in [5.74, 6) is -0.00128. The number of carbonyl (C=O) groups excluding carboxylic acids is 1. The van der Waals surface area contributed by atoms with Crippen LogP contribution in [-0.4, -0.2) is 37.1 Å². The van der Waals surface area contributed by atoms with Gasteiger partial charge >= 0.3 is 0 Å². The highest BCUT2D eigenvalue weighted by Crippen LogP contribution is 2.36. The van der Waals surface area contributed by atoms with Gasteiger partial charge in [-0.1, -0.05) is 48.5 Å². The van der Waals surface area contributed by atoms with Crippen LogP contribution in [0.25, 0.3) is 0 Å². The molecule has 0 radical (unpaired) electrons. The Morgan fingerprint density at radius 1 is 1.11 bits per heavy atom. The van der Waals surface area contributed by atoms with E-state index in [0.29, 0.717) is 29.7 Å². The van der Waals surface area contributed by atoms with E-state index < -0.39 is 15.3 Å². The molecule has 3 unspecified atom stereocenters. The molecule has 0 spiro atoms. The Kier molecular flexibility index (Phi) is 6.47. The minimum absolute atomic E-state index is 0.0221. The van der Waals surface area contributed by atoms with Gasteiger partial charge in [0.1, 0.15) is 5.25 Å². The Bertz CT molecular complexity index is 1470. The van der Waals surface area contributed by atoms with Crippen LogP contribution in [0.4, 0.5) is 11.4 Å². The molecule has 8 nitrogen and oxygen atoms in total. The van der Waals surface area contributed by atoms with Gasteiger partial charge in [-0.05, 0) is 53.4 Å². The van der Waals surface area contributed by atoms with Crippen molar-refractivity contribution in [3.8, 4) is 0 Å². The van der Waals surface area contributed by atoms with Crippen molar-refractivity contribution in [2.24, 2.45) is 10.7 Å². The van der Waals surface area contributed by atoms with E-state index in [1.165, 1.54) is 10.4 Å². The number of rotatable bonds is 8. The second-order valence-corrected chi connectivity index (χ2v) is 11.3. The maximum atomic E-state index is 13.7. The van der Waals surface area contributed by atoms with E-state index in [9.17, 15) is 13.2 Å². The summed E-state index contributed by atoms with van der Waals surface area (Å²) in [7, 11) is -3.91. The number of Topliss-reactive ketones (excluding diaryl/α,β-unsaturated/α-hetero) is 1. The van der Waals surface area contributed by atoms with Crippen LogP contribution in [0.15, 0.2) is 90.4 Å². The molecule has 0 aliphatic carbocycles. The summed E-state index contributed by atoms with van der Waals surface area (Å²) in [6, 6.07) is 21.4. The van der Waals surface area contributed by atoms with Crippen molar-refractivity contribution in [1.29, 1.82) is 0 Å². The van der Waals surface area contributed by atoms with E-state index in [-0.39, 0.29) is 30.4 Å². The van der Waals surface area contributed by atoms with Gasteiger partial charge in [0, 0.05) is 29.4 Å². The maximum absolute atomic E-state index is 13.7. The fraction of sp³-hybridized carbons (Fsp3) is 0.214. The molecule has 3 aromatic rings. The molecule has 0 saturated heterocycles. The molecule has 190 valence electrons. The summed E-state index contributed by atoms with van der Waals surface area (Å²) in [6.07, 6.45) is 2.35. The van der Waals surface area contributed by atoms with Crippen molar-refractivity contribution < 1.29 is 13.2 Å². The standard InChI is InChI=1S/C28H29N5O3S/c1-2-27(37(35,36)33-17-25(32-28(33)30)18-6-4-3-5-7-18)20-10-13-24-21(14-20)15-23(31-24)16-26(34)19-8-11-22(29)12-9-19/h2-14,23,25,27,31H,1,15-17,29H2,(H2,30,32). The molecule has 5 N–H and O–H groups in total. The number of sulfonamides is 1. The Morgan fingerprint density at radius 3 is 2.54 bits per heavy atom. The van der Waals surface area contributed by atoms with Crippen LogP contribution in [0.2, 0.25) is 0 Å². The number of nitrogens with two attached hydrogens (primary N) is 2. The van der Waals surface area contributed by atoms with E-state index in [1.54, 1.807) is 30.3 Å². The predicted molar refractivity (Wildman–Crippen MR) is 147 cm³/mol. The quantitative estimate of drug-likeness (QED) is 0.238. The van der Waals surface area contributed by atoms with E-state index in [1.807, 2.05) is 42.5 Å². The molecule has 2 aliphatic rings. The summed E-state index contributed by atoms with van der Waals surface area (Å²) in [4.78, 5) is 17.1. The van der Waals surface area contributed by atoms with Crippen molar-refractivity contribution in [3.63, 3.8) is 0 Å². The Hall–Kier alpha value is -4.11. The van der Waals surface area contributed by atoms with Gasteiger partial charge < -0.3 is 16.8 Å². The molecule has 3 atom stereocenters. The maximum Gasteiger partial charge on any atom is 0.248 e. The number of nitrogens with zero attached hydrogens (tertiary/aromatic N) is 2. The molecule has 0 bridgehead atoms. The lowest BCUT2D eigenvalue weighted by Gasteiger charge is -2.24. The molecule has 0 amide bonds. The monoisotopic (exact) mass is 515 g/mol. The van der Waals surface area contributed by atoms with Crippen LogP contribution >= 0.6 is 0 Å². The number of hydrogen-bond acceptors (Lipinski definition) is 7. The zero-order chi connectivity index (χ0) is 26.2. The van der Waals surface area contributed by atoms with Gasteiger partial charge in [0.15, 0.2) is 5.78 Å². The number of benzene rings is 3. The SMILES string of the molecule is C=CC(c1ccc2c(c1)CC(CC(=O)c1ccc(N)cc1)N2)S(=O)(=O)N1CC(c2ccccc2)N=C1N. The smallest absolute Gasteiger partial charge is 0.248 e. The Labute approximate surface area is 216 Å². The van der Waals surface area contributed by atoms with E-state index >= 15 is 0 Å². The minimum atomic E-state index is -3.91. The van der Waals surface area contributed by atoms with Crippen molar-refractivity contribution >= 4 is 33.1 Å². The number of hydrogen-bond donors (Lipinski definition) is 3. The summed E-state index contributed by atoms with van der Waals surface area (Å²) in [5.41, 5.74) is 16.4. The Morgan fingerprint density at radius 2 is 1.84 bits per heavy atom. The van der Waals surface area contributed by atoms with Crippen LogP contribution in [0, 0.1) is 0 Å². The third-order valence-electron chi connectivity index (χ3n) is 6.86. The van der Waals surface area contributed by atoms with Crippen LogP contribution in [0.5, 0.6) is 0 Å². The molecule has 2 aliphatic heterocycles. The first-order valence-corrected chi connectivity index (χ1v) is 13.6. The topological polar surface area (TPSA) is 131 Å². The molecule has 0 fully saturated rings. The molecular formula is C28H29N5O3S. The number of fused-ring (bicyclic) bond motifs is 1. The number of anilines is 2. The number of nitrogen functional groups attached to an aromatic ring is 1.